The molecule has 2 heterocycles. The van der Waals surface area contributed by atoms with Gasteiger partial charge in [-0.15, -0.1) is 0 Å². The van der Waals surface area contributed by atoms with E-state index < -0.39 is 0 Å². The van der Waals surface area contributed by atoms with Gasteiger partial charge in [0.2, 0.25) is 0 Å². The summed E-state index contributed by atoms with van der Waals surface area (Å²) in [4.78, 5) is 8.05. The van der Waals surface area contributed by atoms with Crippen molar-refractivity contribution in [3.05, 3.63) is 34.3 Å². The number of thiophene rings is 1. The lowest BCUT2D eigenvalue weighted by molar-refractivity contribution is 1.07. The summed E-state index contributed by atoms with van der Waals surface area (Å²) in [5, 5.41) is 7.39. The molecule has 0 bridgehead atoms. The Morgan fingerprint density at radius 3 is 3.07 bits per heavy atom. The zero-order valence-corrected chi connectivity index (χ0v) is 9.21. The van der Waals surface area contributed by atoms with Crippen LogP contribution >= 0.6 is 11.3 Å². The van der Waals surface area contributed by atoms with Crippen LogP contribution in [0, 0.1) is 6.92 Å². The van der Waals surface area contributed by atoms with Gasteiger partial charge in [0.15, 0.2) is 0 Å². The minimum Gasteiger partial charge on any atom is -0.383 e. The van der Waals surface area contributed by atoms with Crippen molar-refractivity contribution in [2.75, 3.05) is 11.1 Å². The van der Waals surface area contributed by atoms with E-state index in [1.807, 2.05) is 6.92 Å². The van der Waals surface area contributed by atoms with Gasteiger partial charge in [-0.2, -0.15) is 11.3 Å². The Balaban J connectivity index is 2.08. The predicted octanol–water partition coefficient (Wildman–Crippen LogP) is 2.04. The maximum atomic E-state index is 5.68. The van der Waals surface area contributed by atoms with Gasteiger partial charge in [-0.25, -0.2) is 9.97 Å². The molecule has 2 aromatic rings. The summed E-state index contributed by atoms with van der Waals surface area (Å²) in [5.41, 5.74) is 7.82. The molecule has 0 aliphatic rings. The highest BCUT2D eigenvalue weighted by molar-refractivity contribution is 7.07. The van der Waals surface area contributed by atoms with Crippen LogP contribution in [0.1, 0.15) is 11.1 Å². The molecule has 0 aromatic carbocycles. The fourth-order valence-electron chi connectivity index (χ4n) is 1.22. The molecule has 0 saturated carbocycles. The topological polar surface area (TPSA) is 63.8 Å². The fraction of sp³-hybridized carbons (Fsp3) is 0.200. The molecular weight excluding hydrogens is 208 g/mol. The Labute approximate surface area is 92.2 Å². The first-order chi connectivity index (χ1) is 7.27. The molecule has 5 heteroatoms. The van der Waals surface area contributed by atoms with Crippen molar-refractivity contribution in [2.24, 2.45) is 0 Å². The summed E-state index contributed by atoms with van der Waals surface area (Å²) in [6.07, 6.45) is 1.47. The predicted molar refractivity (Wildman–Crippen MR) is 62.8 cm³/mol. The van der Waals surface area contributed by atoms with Crippen molar-refractivity contribution < 1.29 is 0 Å². The highest BCUT2D eigenvalue weighted by Crippen LogP contribution is 2.16. The van der Waals surface area contributed by atoms with Gasteiger partial charge in [0, 0.05) is 12.1 Å². The molecule has 2 rings (SSSR count). The van der Waals surface area contributed by atoms with Gasteiger partial charge in [0.25, 0.3) is 0 Å². The van der Waals surface area contributed by atoms with E-state index in [-0.39, 0.29) is 0 Å². The van der Waals surface area contributed by atoms with Gasteiger partial charge in [-0.1, -0.05) is 0 Å². The third-order valence-electron chi connectivity index (χ3n) is 2.16. The number of aromatic nitrogens is 2. The van der Waals surface area contributed by atoms with Crippen LogP contribution in [0.5, 0.6) is 0 Å². The van der Waals surface area contributed by atoms with Gasteiger partial charge >= 0.3 is 0 Å². The SMILES string of the molecule is Cc1c(N)ncnc1NCc1ccsc1. The minimum absolute atomic E-state index is 0.526. The minimum atomic E-state index is 0.526. The first-order valence-corrected chi connectivity index (χ1v) is 5.53. The molecule has 4 nitrogen and oxygen atoms in total. The van der Waals surface area contributed by atoms with Crippen molar-refractivity contribution in [1.82, 2.24) is 9.97 Å². The number of hydrogen-bond donors (Lipinski definition) is 2. The number of nitrogens with zero attached hydrogens (tertiary/aromatic N) is 2. The van der Waals surface area contributed by atoms with E-state index >= 15 is 0 Å². The van der Waals surface area contributed by atoms with E-state index in [1.54, 1.807) is 11.3 Å². The van der Waals surface area contributed by atoms with Crippen LogP contribution in [0.25, 0.3) is 0 Å². The van der Waals surface area contributed by atoms with Gasteiger partial charge in [0.1, 0.15) is 18.0 Å². The number of nitrogen functional groups attached to an aromatic ring is 1. The second kappa shape index (κ2) is 4.27. The van der Waals surface area contributed by atoms with Crippen LogP contribution in [0.2, 0.25) is 0 Å². The first kappa shape index (κ1) is 9.92. The molecule has 0 aliphatic carbocycles. The first-order valence-electron chi connectivity index (χ1n) is 4.59. The molecule has 78 valence electrons. The van der Waals surface area contributed by atoms with E-state index in [2.05, 4.69) is 32.1 Å². The largest absolute Gasteiger partial charge is 0.383 e. The normalized spacial score (nSPS) is 10.2. The maximum Gasteiger partial charge on any atom is 0.134 e. The summed E-state index contributed by atoms with van der Waals surface area (Å²) in [7, 11) is 0. The second-order valence-electron chi connectivity index (χ2n) is 3.22. The Bertz CT molecular complexity index is 439. The highest BCUT2D eigenvalue weighted by Gasteiger charge is 2.03. The van der Waals surface area contributed by atoms with Gasteiger partial charge in [0.05, 0.1) is 0 Å². The van der Waals surface area contributed by atoms with Crippen LogP contribution < -0.4 is 11.1 Å². The number of rotatable bonds is 3. The molecule has 3 N–H and O–H groups in total. The molecule has 2 aromatic heterocycles. The summed E-state index contributed by atoms with van der Waals surface area (Å²) < 4.78 is 0. The molecule has 0 saturated heterocycles. The van der Waals surface area contributed by atoms with Crippen molar-refractivity contribution in [2.45, 2.75) is 13.5 Å². The van der Waals surface area contributed by atoms with E-state index in [0.29, 0.717) is 5.82 Å². The van der Waals surface area contributed by atoms with Crippen molar-refractivity contribution in [3.63, 3.8) is 0 Å². The lowest BCUT2D eigenvalue weighted by Crippen LogP contribution is -2.05. The molecule has 0 amide bonds. The van der Waals surface area contributed by atoms with Gasteiger partial charge in [-0.3, -0.25) is 0 Å². The zero-order chi connectivity index (χ0) is 10.7. The quantitative estimate of drug-likeness (QED) is 0.830. The Morgan fingerprint density at radius 1 is 1.47 bits per heavy atom. The zero-order valence-electron chi connectivity index (χ0n) is 8.40. The second-order valence-corrected chi connectivity index (χ2v) is 4.00. The van der Waals surface area contributed by atoms with Gasteiger partial charge < -0.3 is 11.1 Å². The van der Waals surface area contributed by atoms with Crippen LogP contribution in [0.15, 0.2) is 23.2 Å². The number of nitrogens with one attached hydrogen (secondary N) is 1. The lowest BCUT2D eigenvalue weighted by atomic mass is 10.3. The monoisotopic (exact) mass is 220 g/mol. The van der Waals surface area contributed by atoms with E-state index in [4.69, 9.17) is 5.73 Å². The molecule has 0 unspecified atom stereocenters. The summed E-state index contributed by atoms with van der Waals surface area (Å²) in [6.45, 7) is 2.67. The van der Waals surface area contributed by atoms with Gasteiger partial charge in [-0.05, 0) is 29.3 Å². The van der Waals surface area contributed by atoms with Crippen molar-refractivity contribution in [1.29, 1.82) is 0 Å². The van der Waals surface area contributed by atoms with Crippen LogP contribution in [0.3, 0.4) is 0 Å². The molecule has 0 aliphatic heterocycles. The number of hydrogen-bond acceptors (Lipinski definition) is 5. The van der Waals surface area contributed by atoms with Crippen LogP contribution in [-0.2, 0) is 6.54 Å². The Hall–Kier alpha value is -1.62. The average molecular weight is 220 g/mol. The number of nitrogens with two attached hydrogens (primary N) is 1. The molecule has 15 heavy (non-hydrogen) atoms. The molecule has 0 spiro atoms. The van der Waals surface area contributed by atoms with Crippen LogP contribution in [-0.4, -0.2) is 9.97 Å². The molecule has 0 fully saturated rings. The maximum absolute atomic E-state index is 5.68. The smallest absolute Gasteiger partial charge is 0.134 e. The van der Waals surface area contributed by atoms with E-state index in [1.165, 1.54) is 11.9 Å². The third kappa shape index (κ3) is 2.24. The average Bonchev–Trinajstić information content (AvgIpc) is 2.73. The fourth-order valence-corrected chi connectivity index (χ4v) is 1.89. The Kier molecular flexibility index (Phi) is 2.82. The number of anilines is 2. The van der Waals surface area contributed by atoms with Crippen molar-refractivity contribution in [3.8, 4) is 0 Å². The standard InChI is InChI=1S/C10H12N4S/c1-7-9(11)13-6-14-10(7)12-4-8-2-3-15-5-8/h2-3,5-6H,4H2,1H3,(H3,11,12,13,14). The Morgan fingerprint density at radius 2 is 2.33 bits per heavy atom. The molecule has 0 atom stereocenters. The summed E-state index contributed by atoms with van der Waals surface area (Å²) in [6, 6.07) is 2.08. The molecular formula is C10H12N4S. The van der Waals surface area contributed by atoms with E-state index in [9.17, 15) is 0 Å². The lowest BCUT2D eigenvalue weighted by Gasteiger charge is -2.07. The summed E-state index contributed by atoms with van der Waals surface area (Å²) >= 11 is 1.68. The van der Waals surface area contributed by atoms with Crippen molar-refractivity contribution >= 4 is 23.0 Å². The van der Waals surface area contributed by atoms with E-state index in [0.717, 1.165) is 17.9 Å². The molecule has 0 radical (unpaired) electrons. The third-order valence-corrected chi connectivity index (χ3v) is 2.90. The summed E-state index contributed by atoms with van der Waals surface area (Å²) in [5.74, 6) is 1.33. The van der Waals surface area contributed by atoms with Crippen LogP contribution in [0.4, 0.5) is 11.6 Å². The highest BCUT2D eigenvalue weighted by atomic mass is 32.1.